The third-order valence-electron chi connectivity index (χ3n) is 5.08. The molecule has 1 aliphatic carbocycles. The van der Waals surface area contributed by atoms with E-state index >= 15 is 0 Å². The second-order valence-electron chi connectivity index (χ2n) is 7.59. The number of rotatable bonds is 5. The maximum atomic E-state index is 6.12. The van der Waals surface area contributed by atoms with E-state index < -0.39 is 0 Å². The molecule has 0 radical (unpaired) electrons. The Balaban J connectivity index is 1.64. The zero-order valence-electron chi connectivity index (χ0n) is 15.9. The first-order valence-electron chi connectivity index (χ1n) is 9.44. The van der Waals surface area contributed by atoms with Gasteiger partial charge in [0, 0.05) is 32.6 Å². The Hall–Kier alpha value is -1.30. The van der Waals surface area contributed by atoms with E-state index in [4.69, 9.17) is 11.6 Å². The van der Waals surface area contributed by atoms with Crippen molar-refractivity contribution in [3.63, 3.8) is 0 Å². The molecular formula is C21H24ClN3S2. The molecule has 3 nitrogen and oxygen atoms in total. The van der Waals surface area contributed by atoms with E-state index in [1.807, 2.05) is 29.5 Å². The number of thiophene rings is 1. The summed E-state index contributed by atoms with van der Waals surface area (Å²) in [6, 6.07) is 8.34. The lowest BCUT2D eigenvalue weighted by Gasteiger charge is -2.19. The van der Waals surface area contributed by atoms with Crippen LogP contribution >= 0.6 is 34.7 Å². The summed E-state index contributed by atoms with van der Waals surface area (Å²) < 4.78 is 2.29. The maximum Gasteiger partial charge on any atom is 0.192 e. The summed E-state index contributed by atoms with van der Waals surface area (Å²) in [5.74, 6) is 2.64. The van der Waals surface area contributed by atoms with Crippen molar-refractivity contribution in [3.8, 4) is 11.4 Å². The molecule has 0 spiro atoms. The van der Waals surface area contributed by atoms with E-state index in [2.05, 4.69) is 47.0 Å². The molecule has 27 heavy (non-hydrogen) atoms. The molecule has 0 saturated heterocycles. The number of benzene rings is 1. The van der Waals surface area contributed by atoms with Gasteiger partial charge in [0.1, 0.15) is 0 Å². The average molecular weight is 418 g/mol. The van der Waals surface area contributed by atoms with Crippen LogP contribution < -0.4 is 0 Å². The molecule has 0 amide bonds. The van der Waals surface area contributed by atoms with Crippen LogP contribution in [0.4, 0.5) is 0 Å². The Morgan fingerprint density at radius 1 is 1.33 bits per heavy atom. The highest BCUT2D eigenvalue weighted by Crippen LogP contribution is 2.39. The summed E-state index contributed by atoms with van der Waals surface area (Å²) in [4.78, 5) is 1.54. The molecule has 0 saturated carbocycles. The molecule has 2 heterocycles. The second kappa shape index (κ2) is 7.98. The molecule has 0 aliphatic heterocycles. The Bertz CT molecular complexity index is 945. The van der Waals surface area contributed by atoms with Gasteiger partial charge in [0.05, 0.1) is 0 Å². The number of hydrogen-bond acceptors (Lipinski definition) is 4. The normalized spacial score (nSPS) is 16.7. The molecular weight excluding hydrogens is 394 g/mol. The van der Waals surface area contributed by atoms with E-state index in [0.29, 0.717) is 6.04 Å². The van der Waals surface area contributed by atoms with Gasteiger partial charge in [-0.05, 0) is 62.3 Å². The van der Waals surface area contributed by atoms with Gasteiger partial charge in [-0.1, -0.05) is 42.4 Å². The first-order valence-corrected chi connectivity index (χ1v) is 11.7. The van der Waals surface area contributed by atoms with Crippen molar-refractivity contribution in [2.75, 3.05) is 0 Å². The molecule has 142 valence electrons. The first-order chi connectivity index (χ1) is 13.0. The Kier molecular flexibility index (Phi) is 5.62. The predicted octanol–water partition coefficient (Wildman–Crippen LogP) is 6.66. The van der Waals surface area contributed by atoms with Crippen molar-refractivity contribution in [1.82, 2.24) is 14.8 Å². The minimum atomic E-state index is 0.315. The van der Waals surface area contributed by atoms with Crippen molar-refractivity contribution in [2.24, 2.45) is 5.92 Å². The minimum absolute atomic E-state index is 0.315. The predicted molar refractivity (Wildman–Crippen MR) is 116 cm³/mol. The summed E-state index contributed by atoms with van der Waals surface area (Å²) in [5, 5.41) is 13.2. The van der Waals surface area contributed by atoms with Crippen molar-refractivity contribution in [1.29, 1.82) is 0 Å². The summed E-state index contributed by atoms with van der Waals surface area (Å²) in [7, 11) is 0. The fourth-order valence-electron chi connectivity index (χ4n) is 3.66. The molecule has 0 N–H and O–H groups in total. The van der Waals surface area contributed by atoms with E-state index in [1.54, 1.807) is 11.8 Å². The second-order valence-corrected chi connectivity index (χ2v) is 9.93. The minimum Gasteiger partial charge on any atom is -0.299 e. The van der Waals surface area contributed by atoms with Crippen LogP contribution in [0.5, 0.6) is 0 Å². The highest BCUT2D eigenvalue weighted by molar-refractivity contribution is 7.98. The van der Waals surface area contributed by atoms with E-state index in [9.17, 15) is 0 Å². The van der Waals surface area contributed by atoms with Crippen LogP contribution in [0.2, 0.25) is 5.02 Å². The number of nitrogens with zero attached hydrogens (tertiary/aromatic N) is 3. The van der Waals surface area contributed by atoms with Crippen molar-refractivity contribution in [3.05, 3.63) is 50.7 Å². The first kappa shape index (κ1) is 19.0. The monoisotopic (exact) mass is 417 g/mol. The van der Waals surface area contributed by atoms with Gasteiger partial charge in [0.15, 0.2) is 11.0 Å². The molecule has 3 aromatic rings. The topological polar surface area (TPSA) is 30.7 Å². The van der Waals surface area contributed by atoms with Crippen molar-refractivity contribution >= 4 is 34.7 Å². The Morgan fingerprint density at radius 2 is 2.19 bits per heavy atom. The van der Waals surface area contributed by atoms with E-state index in [-0.39, 0.29) is 0 Å². The van der Waals surface area contributed by atoms with Crippen LogP contribution in [0.15, 0.2) is 34.8 Å². The third kappa shape index (κ3) is 3.96. The third-order valence-corrected chi connectivity index (χ3v) is 7.38. The molecule has 1 aliphatic rings. The SMILES string of the molecule is CC(C)n1c(SCc2cccc(Cl)c2)nnc1-c1csc2c1CC[C@H](C)C2. The number of hydrogen-bond donors (Lipinski definition) is 0. The van der Waals surface area contributed by atoms with Crippen molar-refractivity contribution < 1.29 is 0 Å². The van der Waals surface area contributed by atoms with Gasteiger partial charge in [-0.2, -0.15) is 0 Å². The van der Waals surface area contributed by atoms with E-state index in [0.717, 1.165) is 34.1 Å². The van der Waals surface area contributed by atoms with Gasteiger partial charge < -0.3 is 0 Å². The fourth-order valence-corrected chi connectivity index (χ4v) is 6.13. The lowest BCUT2D eigenvalue weighted by atomic mass is 9.88. The molecule has 1 aromatic carbocycles. The van der Waals surface area contributed by atoms with Gasteiger partial charge in [-0.25, -0.2) is 0 Å². The number of aromatic nitrogens is 3. The summed E-state index contributed by atoms with van der Waals surface area (Å²) in [6.45, 7) is 6.76. The summed E-state index contributed by atoms with van der Waals surface area (Å²) in [6.07, 6.45) is 3.63. The Labute approximate surface area is 174 Å². The van der Waals surface area contributed by atoms with Crippen LogP contribution in [0.3, 0.4) is 0 Å². The molecule has 0 bridgehead atoms. The quantitative estimate of drug-likeness (QED) is 0.435. The van der Waals surface area contributed by atoms with Gasteiger partial charge in [0.25, 0.3) is 0 Å². The molecule has 6 heteroatoms. The van der Waals surface area contributed by atoms with Gasteiger partial charge in [0.2, 0.25) is 0 Å². The standard InChI is InChI=1S/C21H24ClN3S2/c1-13(2)25-20(18-12-26-19-9-14(3)7-8-17(18)19)23-24-21(25)27-11-15-5-4-6-16(22)10-15/h4-6,10,12-14H,7-9,11H2,1-3H3/t14-/m0/s1. The number of fused-ring (bicyclic) bond motifs is 1. The average Bonchev–Trinajstić information content (AvgIpc) is 3.23. The highest BCUT2D eigenvalue weighted by Gasteiger charge is 2.25. The zero-order valence-corrected chi connectivity index (χ0v) is 18.3. The van der Waals surface area contributed by atoms with E-state index in [1.165, 1.54) is 34.4 Å². The van der Waals surface area contributed by atoms with Crippen LogP contribution in [-0.2, 0) is 18.6 Å². The maximum absolute atomic E-state index is 6.12. The highest BCUT2D eigenvalue weighted by atomic mass is 35.5. The lowest BCUT2D eigenvalue weighted by molar-refractivity contribution is 0.507. The van der Waals surface area contributed by atoms with Gasteiger partial charge in [-0.15, -0.1) is 21.5 Å². The van der Waals surface area contributed by atoms with Crippen molar-refractivity contribution in [2.45, 2.75) is 57.0 Å². The lowest BCUT2D eigenvalue weighted by Crippen LogP contribution is -2.10. The smallest absolute Gasteiger partial charge is 0.192 e. The largest absolute Gasteiger partial charge is 0.299 e. The zero-order chi connectivity index (χ0) is 19.0. The molecule has 0 fully saturated rings. The number of halogens is 1. The van der Waals surface area contributed by atoms with Crippen LogP contribution in [0.25, 0.3) is 11.4 Å². The molecule has 4 rings (SSSR count). The molecule has 1 atom stereocenters. The van der Waals surface area contributed by atoms with Crippen LogP contribution in [0, 0.1) is 5.92 Å². The van der Waals surface area contributed by atoms with Crippen LogP contribution in [-0.4, -0.2) is 14.8 Å². The molecule has 2 aromatic heterocycles. The van der Waals surface area contributed by atoms with Gasteiger partial charge >= 0.3 is 0 Å². The molecule has 0 unspecified atom stereocenters. The fraction of sp³-hybridized carbons (Fsp3) is 0.429. The van der Waals surface area contributed by atoms with Gasteiger partial charge in [-0.3, -0.25) is 4.57 Å². The van der Waals surface area contributed by atoms with Crippen LogP contribution in [0.1, 0.15) is 49.2 Å². The number of thioether (sulfide) groups is 1. The summed E-state index contributed by atoms with van der Waals surface area (Å²) >= 11 is 9.73. The summed E-state index contributed by atoms with van der Waals surface area (Å²) in [5.41, 5.74) is 3.99. The Morgan fingerprint density at radius 3 is 2.96 bits per heavy atom.